The standard InChI is InChI=1S/C31H46N4O7S/c1-6-10-27(36)28(37)25(17-22-11-8-7-9-12-22)33-29(38)26(34-30(39)42-31(3,4)5)18-23-19-35(20-32-23)43(40,41)24-15-13-21(2)14-16-24/h13-16,19-20,22,25-26,28,37H,6-12,17-18H2,1-5H3,(H,33,38)(H,34,39)/t25-,26-,28+/m0/s1. The Labute approximate surface area is 254 Å². The average molecular weight is 619 g/mol. The van der Waals surface area contributed by atoms with E-state index in [1.807, 2.05) is 13.8 Å². The largest absolute Gasteiger partial charge is 0.444 e. The molecule has 1 heterocycles. The van der Waals surface area contributed by atoms with Gasteiger partial charge in [0, 0.05) is 19.0 Å². The Hall–Kier alpha value is -3.25. The number of ether oxygens (including phenoxy) is 1. The van der Waals surface area contributed by atoms with Gasteiger partial charge in [0.2, 0.25) is 5.91 Å². The van der Waals surface area contributed by atoms with E-state index >= 15 is 0 Å². The van der Waals surface area contributed by atoms with Crippen molar-refractivity contribution in [2.75, 3.05) is 0 Å². The molecule has 2 amide bonds. The van der Waals surface area contributed by atoms with Gasteiger partial charge in [0.1, 0.15) is 24.1 Å². The molecule has 1 aliphatic rings. The van der Waals surface area contributed by atoms with Gasteiger partial charge in [0.15, 0.2) is 5.78 Å². The second-order valence-corrected chi connectivity index (χ2v) is 14.3. The van der Waals surface area contributed by atoms with E-state index in [0.717, 1.165) is 48.0 Å². The Morgan fingerprint density at radius 1 is 1.09 bits per heavy atom. The fourth-order valence-electron chi connectivity index (χ4n) is 5.23. The van der Waals surface area contributed by atoms with Gasteiger partial charge < -0.3 is 20.5 Å². The number of aryl methyl sites for hydroxylation is 1. The fourth-order valence-corrected chi connectivity index (χ4v) is 6.39. The van der Waals surface area contributed by atoms with Crippen molar-refractivity contribution in [3.63, 3.8) is 0 Å². The maximum atomic E-state index is 13.7. The molecule has 1 aromatic carbocycles. The summed E-state index contributed by atoms with van der Waals surface area (Å²) in [4.78, 5) is 43.4. The van der Waals surface area contributed by atoms with Gasteiger partial charge in [-0.1, -0.05) is 56.7 Å². The van der Waals surface area contributed by atoms with E-state index in [1.54, 1.807) is 32.9 Å². The summed E-state index contributed by atoms with van der Waals surface area (Å²) in [5.74, 6) is -0.727. The second kappa shape index (κ2) is 15.0. The van der Waals surface area contributed by atoms with E-state index in [9.17, 15) is 27.9 Å². The summed E-state index contributed by atoms with van der Waals surface area (Å²) in [6, 6.07) is 4.34. The number of aromatic nitrogens is 2. The zero-order valence-electron chi connectivity index (χ0n) is 25.8. The van der Waals surface area contributed by atoms with Crippen LogP contribution >= 0.6 is 0 Å². The number of imidazole rings is 1. The third kappa shape index (κ3) is 10.2. The number of nitrogens with one attached hydrogen (secondary N) is 2. The van der Waals surface area contributed by atoms with Crippen LogP contribution in [-0.2, 0) is 30.8 Å². The van der Waals surface area contributed by atoms with Gasteiger partial charge in [0.05, 0.1) is 16.6 Å². The number of aliphatic hydroxyl groups excluding tert-OH is 1. The molecule has 1 aromatic heterocycles. The number of ketones is 1. The van der Waals surface area contributed by atoms with Gasteiger partial charge in [-0.15, -0.1) is 0 Å². The number of alkyl carbamates (subject to hydrolysis) is 1. The Kier molecular flexibility index (Phi) is 11.9. The van der Waals surface area contributed by atoms with Crippen LogP contribution in [0.2, 0.25) is 0 Å². The smallest absolute Gasteiger partial charge is 0.408 e. The number of hydrogen-bond acceptors (Lipinski definition) is 8. The molecule has 1 aliphatic carbocycles. The Bertz CT molecular complexity index is 1340. The van der Waals surface area contributed by atoms with E-state index in [0.29, 0.717) is 12.8 Å². The highest BCUT2D eigenvalue weighted by atomic mass is 32.2. The van der Waals surface area contributed by atoms with Crippen LogP contribution in [0.4, 0.5) is 4.79 Å². The summed E-state index contributed by atoms with van der Waals surface area (Å²) in [7, 11) is -3.93. The van der Waals surface area contributed by atoms with Gasteiger partial charge in [-0.05, 0) is 58.6 Å². The molecular weight excluding hydrogens is 572 g/mol. The number of carbonyl (C=O) groups excluding carboxylic acids is 3. The quantitative estimate of drug-likeness (QED) is 0.304. The number of benzene rings is 1. The van der Waals surface area contributed by atoms with Crippen molar-refractivity contribution in [2.45, 2.75) is 121 Å². The van der Waals surface area contributed by atoms with Crippen LogP contribution in [-0.4, -0.2) is 64.1 Å². The zero-order valence-corrected chi connectivity index (χ0v) is 26.7. The molecule has 0 spiro atoms. The minimum atomic E-state index is -3.93. The van der Waals surface area contributed by atoms with Crippen molar-refractivity contribution in [3.8, 4) is 0 Å². The molecule has 3 rings (SSSR count). The molecule has 0 bridgehead atoms. The van der Waals surface area contributed by atoms with Crippen molar-refractivity contribution in [1.82, 2.24) is 19.6 Å². The predicted octanol–water partition coefficient (Wildman–Crippen LogP) is 4.05. The monoisotopic (exact) mass is 618 g/mol. The maximum absolute atomic E-state index is 13.7. The topological polar surface area (TPSA) is 157 Å². The molecular formula is C31H46N4O7S. The summed E-state index contributed by atoms with van der Waals surface area (Å²) < 4.78 is 32.6. The first-order chi connectivity index (χ1) is 20.2. The van der Waals surface area contributed by atoms with Crippen molar-refractivity contribution in [1.29, 1.82) is 0 Å². The maximum Gasteiger partial charge on any atom is 0.408 e. The number of aliphatic hydroxyl groups is 1. The normalized spacial score (nSPS) is 16.6. The summed E-state index contributed by atoms with van der Waals surface area (Å²) in [6.07, 6.45) is 6.40. The van der Waals surface area contributed by atoms with Crippen molar-refractivity contribution >= 4 is 27.8 Å². The van der Waals surface area contributed by atoms with Crippen molar-refractivity contribution in [2.24, 2.45) is 5.92 Å². The van der Waals surface area contributed by atoms with Crippen LogP contribution in [0.3, 0.4) is 0 Å². The summed E-state index contributed by atoms with van der Waals surface area (Å²) in [6.45, 7) is 8.77. The average Bonchev–Trinajstić information content (AvgIpc) is 3.41. The Morgan fingerprint density at radius 3 is 2.35 bits per heavy atom. The number of nitrogens with zero attached hydrogens (tertiary/aromatic N) is 2. The molecule has 3 atom stereocenters. The zero-order chi connectivity index (χ0) is 31.8. The summed E-state index contributed by atoms with van der Waals surface area (Å²) in [5, 5.41) is 16.4. The number of carbonyl (C=O) groups is 3. The lowest BCUT2D eigenvalue weighted by Crippen LogP contribution is -2.55. The highest BCUT2D eigenvalue weighted by Gasteiger charge is 2.33. The minimum absolute atomic E-state index is 0.0829. The molecule has 0 saturated heterocycles. The SMILES string of the molecule is CCCC(=O)[C@H](O)[C@H](CC1CCCCC1)NC(=O)[C@H](Cc1cn(S(=O)(=O)c2ccc(C)cc2)cn1)NC(=O)OC(C)(C)C. The predicted molar refractivity (Wildman–Crippen MR) is 162 cm³/mol. The molecule has 11 nitrogen and oxygen atoms in total. The Balaban J connectivity index is 1.85. The first-order valence-electron chi connectivity index (χ1n) is 15.1. The third-order valence-electron chi connectivity index (χ3n) is 7.48. The number of rotatable bonds is 13. The molecule has 0 radical (unpaired) electrons. The van der Waals surface area contributed by atoms with E-state index < -0.39 is 45.8 Å². The molecule has 0 unspecified atom stereocenters. The Morgan fingerprint density at radius 2 is 1.74 bits per heavy atom. The molecule has 12 heteroatoms. The minimum Gasteiger partial charge on any atom is -0.444 e. The van der Waals surface area contributed by atoms with E-state index in [1.165, 1.54) is 18.3 Å². The highest BCUT2D eigenvalue weighted by molar-refractivity contribution is 7.90. The number of amides is 2. The van der Waals surface area contributed by atoms with E-state index in [-0.39, 0.29) is 35.1 Å². The first-order valence-corrected chi connectivity index (χ1v) is 16.5. The van der Waals surface area contributed by atoms with Crippen LogP contribution in [0.1, 0.15) is 90.3 Å². The van der Waals surface area contributed by atoms with Gasteiger partial charge in [-0.2, -0.15) is 0 Å². The molecule has 1 fully saturated rings. The number of Topliss-reactive ketones (excluding diaryl/α,β-unsaturated/α-hetero) is 1. The lowest BCUT2D eigenvalue weighted by molar-refractivity contribution is -0.131. The van der Waals surface area contributed by atoms with Gasteiger partial charge in [0.25, 0.3) is 10.0 Å². The van der Waals surface area contributed by atoms with Gasteiger partial charge in [-0.3, -0.25) is 9.59 Å². The lowest BCUT2D eigenvalue weighted by Gasteiger charge is -2.31. The van der Waals surface area contributed by atoms with Gasteiger partial charge in [-0.25, -0.2) is 22.2 Å². The molecule has 43 heavy (non-hydrogen) atoms. The van der Waals surface area contributed by atoms with E-state index in [4.69, 9.17) is 4.74 Å². The summed E-state index contributed by atoms with van der Waals surface area (Å²) in [5.41, 5.74) is 0.315. The van der Waals surface area contributed by atoms with Crippen molar-refractivity contribution < 1.29 is 32.6 Å². The fraction of sp³-hybridized carbons (Fsp3) is 0.613. The van der Waals surface area contributed by atoms with Crippen LogP contribution in [0.15, 0.2) is 41.7 Å². The van der Waals surface area contributed by atoms with Crippen LogP contribution in [0, 0.1) is 12.8 Å². The molecule has 238 valence electrons. The van der Waals surface area contributed by atoms with Crippen LogP contribution in [0.25, 0.3) is 0 Å². The molecule has 3 N–H and O–H groups in total. The second-order valence-electron chi connectivity index (χ2n) is 12.4. The molecule has 2 aromatic rings. The lowest BCUT2D eigenvalue weighted by atomic mass is 9.83. The highest BCUT2D eigenvalue weighted by Crippen LogP contribution is 2.28. The van der Waals surface area contributed by atoms with E-state index in [2.05, 4.69) is 15.6 Å². The third-order valence-corrected chi connectivity index (χ3v) is 9.10. The first kappa shape index (κ1) is 34.2. The number of hydrogen-bond donors (Lipinski definition) is 3. The van der Waals surface area contributed by atoms with Crippen LogP contribution in [0.5, 0.6) is 0 Å². The summed E-state index contributed by atoms with van der Waals surface area (Å²) >= 11 is 0. The van der Waals surface area contributed by atoms with Crippen molar-refractivity contribution in [3.05, 3.63) is 48.0 Å². The van der Waals surface area contributed by atoms with Crippen LogP contribution < -0.4 is 10.6 Å². The van der Waals surface area contributed by atoms with Gasteiger partial charge >= 0.3 is 6.09 Å². The molecule has 1 saturated carbocycles. The molecule has 0 aliphatic heterocycles.